The lowest BCUT2D eigenvalue weighted by molar-refractivity contribution is 0.435. The Bertz CT molecular complexity index is 667. The second-order valence-corrected chi connectivity index (χ2v) is 4.23. The molecule has 1 aromatic carbocycles. The van der Waals surface area contributed by atoms with Crippen molar-refractivity contribution >= 4 is 23.3 Å². The molecular weight excluding hydrogens is 264 g/mol. The first-order valence-corrected chi connectivity index (χ1v) is 5.96. The average Bonchev–Trinajstić information content (AvgIpc) is 2.91. The molecule has 5 nitrogen and oxygen atoms in total. The lowest BCUT2D eigenvalue weighted by Gasteiger charge is -1.99. The largest absolute Gasteiger partial charge is 0.326 e. The number of halogens is 1. The Kier molecular flexibility index (Phi) is 3.12. The van der Waals surface area contributed by atoms with Gasteiger partial charge in [0.1, 0.15) is 0 Å². The Balaban J connectivity index is 1.80. The van der Waals surface area contributed by atoms with Gasteiger partial charge in [0.2, 0.25) is 5.82 Å². The zero-order valence-corrected chi connectivity index (χ0v) is 10.5. The Labute approximate surface area is 114 Å². The third kappa shape index (κ3) is 2.71. The predicted octanol–water partition coefficient (Wildman–Crippen LogP) is 3.53. The molecule has 0 aliphatic heterocycles. The minimum atomic E-state index is 0.321. The summed E-state index contributed by atoms with van der Waals surface area (Å²) < 4.78 is 5.12. The van der Waals surface area contributed by atoms with E-state index in [-0.39, 0.29) is 0 Å². The molecule has 6 heteroatoms. The lowest BCUT2D eigenvalue weighted by atomic mass is 10.3. The monoisotopic (exact) mass is 272 g/mol. The van der Waals surface area contributed by atoms with E-state index in [0.29, 0.717) is 16.9 Å². The summed E-state index contributed by atoms with van der Waals surface area (Å²) in [5, 5.41) is 7.56. The van der Waals surface area contributed by atoms with Crippen LogP contribution in [0.2, 0.25) is 5.02 Å². The Morgan fingerprint density at radius 1 is 1.11 bits per heavy atom. The van der Waals surface area contributed by atoms with Gasteiger partial charge in [-0.05, 0) is 36.4 Å². The number of nitrogens with zero attached hydrogens (tertiary/aromatic N) is 3. The number of hydrogen-bond donors (Lipinski definition) is 1. The predicted molar refractivity (Wildman–Crippen MR) is 72.3 cm³/mol. The molecule has 0 spiro atoms. The van der Waals surface area contributed by atoms with Gasteiger partial charge in [-0.2, -0.15) is 4.98 Å². The first kappa shape index (κ1) is 11.7. The summed E-state index contributed by atoms with van der Waals surface area (Å²) in [6, 6.07) is 11.2. The van der Waals surface area contributed by atoms with Crippen LogP contribution in [0.15, 0.2) is 53.3 Å². The highest BCUT2D eigenvalue weighted by Crippen LogP contribution is 2.20. The number of hydrogen-bond acceptors (Lipinski definition) is 5. The van der Waals surface area contributed by atoms with Crippen LogP contribution in [0.25, 0.3) is 11.4 Å². The third-order valence-electron chi connectivity index (χ3n) is 2.44. The van der Waals surface area contributed by atoms with Crippen molar-refractivity contribution < 1.29 is 4.52 Å². The van der Waals surface area contributed by atoms with Crippen molar-refractivity contribution in [3.05, 3.63) is 53.8 Å². The topological polar surface area (TPSA) is 63.8 Å². The molecule has 2 heterocycles. The fourth-order valence-electron chi connectivity index (χ4n) is 1.54. The Morgan fingerprint density at radius 3 is 2.68 bits per heavy atom. The summed E-state index contributed by atoms with van der Waals surface area (Å²) >= 11 is 5.81. The second kappa shape index (κ2) is 5.07. The van der Waals surface area contributed by atoms with E-state index in [1.54, 1.807) is 24.5 Å². The molecule has 0 unspecified atom stereocenters. The molecule has 0 radical (unpaired) electrons. The van der Waals surface area contributed by atoms with Gasteiger partial charge in [-0.1, -0.05) is 16.8 Å². The van der Waals surface area contributed by atoms with Crippen LogP contribution in [0, 0.1) is 0 Å². The van der Waals surface area contributed by atoms with Gasteiger partial charge in [0, 0.05) is 28.7 Å². The number of aromatic nitrogens is 3. The standard InChI is InChI=1S/C13H9ClN4O/c14-10-3-5-11(6-4-10)16-13-17-12(18-19-13)9-2-1-7-15-8-9/h1-8H,(H,16,17,18). The molecule has 1 N–H and O–H groups in total. The maximum Gasteiger partial charge on any atom is 0.326 e. The number of pyridine rings is 1. The van der Waals surface area contributed by atoms with Crippen LogP contribution in [0.4, 0.5) is 11.7 Å². The van der Waals surface area contributed by atoms with Gasteiger partial charge in [0.05, 0.1) is 0 Å². The molecule has 0 aliphatic rings. The van der Waals surface area contributed by atoms with E-state index in [9.17, 15) is 0 Å². The van der Waals surface area contributed by atoms with E-state index in [2.05, 4.69) is 20.4 Å². The van der Waals surface area contributed by atoms with Gasteiger partial charge in [-0.3, -0.25) is 4.98 Å². The molecule has 0 saturated carbocycles. The molecule has 0 amide bonds. The van der Waals surface area contributed by atoms with E-state index in [4.69, 9.17) is 16.1 Å². The maximum absolute atomic E-state index is 5.81. The molecule has 0 aliphatic carbocycles. The first-order chi connectivity index (χ1) is 9.31. The fraction of sp³-hybridized carbons (Fsp3) is 0. The summed E-state index contributed by atoms with van der Waals surface area (Å²) in [4.78, 5) is 8.24. The van der Waals surface area contributed by atoms with Crippen LogP contribution in [0.5, 0.6) is 0 Å². The molecular formula is C13H9ClN4O. The zero-order valence-electron chi connectivity index (χ0n) is 9.75. The molecule has 0 saturated heterocycles. The van der Waals surface area contributed by atoms with Crippen LogP contribution in [-0.2, 0) is 0 Å². The summed E-state index contributed by atoms with van der Waals surface area (Å²) in [7, 11) is 0. The molecule has 19 heavy (non-hydrogen) atoms. The summed E-state index contributed by atoms with van der Waals surface area (Å²) in [5.41, 5.74) is 1.63. The number of rotatable bonds is 3. The quantitative estimate of drug-likeness (QED) is 0.790. The van der Waals surface area contributed by atoms with Gasteiger partial charge in [-0.25, -0.2) is 0 Å². The smallest absolute Gasteiger partial charge is 0.315 e. The Hall–Kier alpha value is -2.40. The maximum atomic E-state index is 5.81. The van der Waals surface area contributed by atoms with Gasteiger partial charge in [-0.15, -0.1) is 0 Å². The lowest BCUT2D eigenvalue weighted by Crippen LogP contribution is -1.89. The van der Waals surface area contributed by atoms with Crippen molar-refractivity contribution in [2.45, 2.75) is 0 Å². The third-order valence-corrected chi connectivity index (χ3v) is 2.69. The molecule has 0 atom stereocenters. The highest BCUT2D eigenvalue weighted by atomic mass is 35.5. The number of nitrogens with one attached hydrogen (secondary N) is 1. The normalized spacial score (nSPS) is 10.4. The zero-order chi connectivity index (χ0) is 13.1. The summed E-state index contributed by atoms with van der Waals surface area (Å²) in [6.07, 6.45) is 3.37. The number of anilines is 2. The fourth-order valence-corrected chi connectivity index (χ4v) is 1.67. The van der Waals surface area contributed by atoms with Crippen molar-refractivity contribution in [1.82, 2.24) is 15.1 Å². The van der Waals surface area contributed by atoms with Crippen molar-refractivity contribution in [3.8, 4) is 11.4 Å². The summed E-state index contributed by atoms with van der Waals surface area (Å²) in [5.74, 6) is 0.490. The van der Waals surface area contributed by atoms with E-state index in [1.807, 2.05) is 24.3 Å². The highest BCUT2D eigenvalue weighted by Gasteiger charge is 2.08. The van der Waals surface area contributed by atoms with Crippen LogP contribution >= 0.6 is 11.6 Å². The minimum Gasteiger partial charge on any atom is -0.315 e. The SMILES string of the molecule is Clc1ccc(Nc2nc(-c3cccnc3)no2)cc1. The van der Waals surface area contributed by atoms with Crippen LogP contribution in [0.3, 0.4) is 0 Å². The van der Waals surface area contributed by atoms with Gasteiger partial charge in [0.15, 0.2) is 0 Å². The first-order valence-electron chi connectivity index (χ1n) is 5.58. The molecule has 0 bridgehead atoms. The molecule has 0 fully saturated rings. The van der Waals surface area contributed by atoms with Gasteiger partial charge >= 0.3 is 6.01 Å². The summed E-state index contributed by atoms with van der Waals surface area (Å²) in [6.45, 7) is 0. The molecule has 2 aromatic heterocycles. The van der Waals surface area contributed by atoms with Crippen molar-refractivity contribution in [3.63, 3.8) is 0 Å². The van der Waals surface area contributed by atoms with E-state index in [1.165, 1.54) is 0 Å². The molecule has 3 aromatic rings. The van der Waals surface area contributed by atoms with Crippen molar-refractivity contribution in [1.29, 1.82) is 0 Å². The van der Waals surface area contributed by atoms with Crippen molar-refractivity contribution in [2.75, 3.05) is 5.32 Å². The van der Waals surface area contributed by atoms with Crippen LogP contribution < -0.4 is 5.32 Å². The van der Waals surface area contributed by atoms with Crippen molar-refractivity contribution in [2.24, 2.45) is 0 Å². The van der Waals surface area contributed by atoms with Crippen LogP contribution in [-0.4, -0.2) is 15.1 Å². The van der Waals surface area contributed by atoms with Gasteiger partial charge < -0.3 is 9.84 Å². The van der Waals surface area contributed by atoms with Gasteiger partial charge in [0.25, 0.3) is 0 Å². The average molecular weight is 273 g/mol. The van der Waals surface area contributed by atoms with E-state index in [0.717, 1.165) is 11.3 Å². The highest BCUT2D eigenvalue weighted by molar-refractivity contribution is 6.30. The number of benzene rings is 1. The minimum absolute atomic E-state index is 0.321. The van der Waals surface area contributed by atoms with E-state index >= 15 is 0 Å². The van der Waals surface area contributed by atoms with Crippen LogP contribution in [0.1, 0.15) is 0 Å². The molecule has 3 rings (SSSR count). The molecule has 94 valence electrons. The van der Waals surface area contributed by atoms with E-state index < -0.39 is 0 Å². The Morgan fingerprint density at radius 2 is 1.95 bits per heavy atom. The second-order valence-electron chi connectivity index (χ2n) is 3.80.